The van der Waals surface area contributed by atoms with Gasteiger partial charge in [0.2, 0.25) is 5.91 Å². The topological polar surface area (TPSA) is 99.5 Å². The SMILES string of the molecule is CCCOC(=O)c1c(NC(=O)C(C)n2nc(C(F)(F)F)cc2C2CC2)sc(C(=O)OCC)c1C. The molecule has 1 amide bonds. The van der Waals surface area contributed by atoms with Gasteiger partial charge in [0.15, 0.2) is 5.69 Å². The second-order valence-electron chi connectivity index (χ2n) is 7.95. The van der Waals surface area contributed by atoms with E-state index in [4.69, 9.17) is 9.47 Å². The molecule has 1 atom stereocenters. The highest BCUT2D eigenvalue weighted by Gasteiger charge is 2.39. The van der Waals surface area contributed by atoms with Crippen LogP contribution < -0.4 is 5.32 Å². The summed E-state index contributed by atoms with van der Waals surface area (Å²) in [5.41, 5.74) is -0.410. The molecule has 2 aromatic rings. The van der Waals surface area contributed by atoms with Gasteiger partial charge in [-0.05, 0) is 51.7 Å². The lowest BCUT2D eigenvalue weighted by Crippen LogP contribution is -2.26. The Hall–Kier alpha value is -2.89. The van der Waals surface area contributed by atoms with Crippen LogP contribution in [0.25, 0.3) is 0 Å². The Bertz CT molecular complexity index is 1090. The number of halogens is 3. The first kappa shape index (κ1) is 25.7. The van der Waals surface area contributed by atoms with E-state index in [-0.39, 0.29) is 34.6 Å². The molecule has 1 aliphatic carbocycles. The van der Waals surface area contributed by atoms with E-state index in [0.717, 1.165) is 34.9 Å². The van der Waals surface area contributed by atoms with E-state index < -0.39 is 35.8 Å². The highest BCUT2D eigenvalue weighted by atomic mass is 32.1. The molecular formula is C22H26F3N3O5S. The van der Waals surface area contributed by atoms with Gasteiger partial charge in [0.1, 0.15) is 15.9 Å². The van der Waals surface area contributed by atoms with Crippen LogP contribution in [0.2, 0.25) is 0 Å². The molecule has 0 bridgehead atoms. The largest absolute Gasteiger partial charge is 0.462 e. The van der Waals surface area contributed by atoms with Crippen molar-refractivity contribution in [3.63, 3.8) is 0 Å². The lowest BCUT2D eigenvalue weighted by molar-refractivity contribution is -0.141. The van der Waals surface area contributed by atoms with E-state index in [1.165, 1.54) is 6.92 Å². The molecule has 1 fully saturated rings. The van der Waals surface area contributed by atoms with Gasteiger partial charge < -0.3 is 14.8 Å². The number of hydrogen-bond donors (Lipinski definition) is 1. The molecule has 1 N–H and O–H groups in total. The van der Waals surface area contributed by atoms with Crippen LogP contribution in [0, 0.1) is 6.92 Å². The predicted octanol–water partition coefficient (Wildman–Crippen LogP) is 5.09. The Kier molecular flexibility index (Phi) is 7.69. The molecular weight excluding hydrogens is 475 g/mol. The Morgan fingerprint density at radius 2 is 1.91 bits per heavy atom. The zero-order valence-corrected chi connectivity index (χ0v) is 20.1. The van der Waals surface area contributed by atoms with Crippen molar-refractivity contribution in [3.05, 3.63) is 33.5 Å². The summed E-state index contributed by atoms with van der Waals surface area (Å²) in [6.07, 6.45) is -2.63. The number of alkyl halides is 3. The number of rotatable bonds is 9. The van der Waals surface area contributed by atoms with Gasteiger partial charge in [-0.25, -0.2) is 9.59 Å². The first-order valence-corrected chi connectivity index (χ1v) is 11.8. The monoisotopic (exact) mass is 501 g/mol. The number of esters is 2. The number of ether oxygens (including phenoxy) is 2. The smallest absolute Gasteiger partial charge is 0.435 e. The Morgan fingerprint density at radius 3 is 2.47 bits per heavy atom. The summed E-state index contributed by atoms with van der Waals surface area (Å²) in [4.78, 5) is 38.2. The summed E-state index contributed by atoms with van der Waals surface area (Å²) >= 11 is 0.852. The number of aromatic nitrogens is 2. The summed E-state index contributed by atoms with van der Waals surface area (Å²) in [6, 6.07) is -0.122. The van der Waals surface area contributed by atoms with E-state index >= 15 is 0 Å². The molecule has 2 aromatic heterocycles. The van der Waals surface area contributed by atoms with Gasteiger partial charge in [-0.3, -0.25) is 9.48 Å². The quantitative estimate of drug-likeness (QED) is 0.481. The minimum atomic E-state index is -4.64. The maximum Gasteiger partial charge on any atom is 0.435 e. The van der Waals surface area contributed by atoms with Crippen molar-refractivity contribution in [2.24, 2.45) is 0 Å². The first-order chi connectivity index (χ1) is 16.0. The summed E-state index contributed by atoms with van der Waals surface area (Å²) in [5, 5.41) is 6.30. The predicted molar refractivity (Wildman–Crippen MR) is 118 cm³/mol. The van der Waals surface area contributed by atoms with E-state index in [9.17, 15) is 27.6 Å². The van der Waals surface area contributed by atoms with Gasteiger partial charge in [0, 0.05) is 11.6 Å². The van der Waals surface area contributed by atoms with E-state index in [0.29, 0.717) is 17.7 Å². The second-order valence-corrected chi connectivity index (χ2v) is 8.97. The Labute approximate surface area is 198 Å². The molecule has 12 heteroatoms. The van der Waals surface area contributed by atoms with E-state index in [2.05, 4.69) is 10.4 Å². The summed E-state index contributed by atoms with van der Waals surface area (Å²) < 4.78 is 51.0. The van der Waals surface area contributed by atoms with Gasteiger partial charge in [-0.1, -0.05) is 6.92 Å². The van der Waals surface area contributed by atoms with Crippen molar-refractivity contribution in [3.8, 4) is 0 Å². The number of carbonyl (C=O) groups excluding carboxylic acids is 3. The molecule has 0 aliphatic heterocycles. The lowest BCUT2D eigenvalue weighted by Gasteiger charge is -2.16. The van der Waals surface area contributed by atoms with Crippen LogP contribution in [0.15, 0.2) is 6.07 Å². The normalized spacial score (nSPS) is 14.6. The van der Waals surface area contributed by atoms with Crippen molar-refractivity contribution in [2.45, 2.75) is 65.1 Å². The number of amides is 1. The van der Waals surface area contributed by atoms with Crippen LogP contribution >= 0.6 is 11.3 Å². The van der Waals surface area contributed by atoms with Crippen molar-refractivity contribution >= 4 is 34.2 Å². The zero-order chi connectivity index (χ0) is 25.2. The van der Waals surface area contributed by atoms with Crippen LogP contribution in [0.1, 0.15) is 89.0 Å². The number of carbonyl (C=O) groups is 3. The first-order valence-electron chi connectivity index (χ1n) is 10.9. The van der Waals surface area contributed by atoms with Gasteiger partial charge in [-0.15, -0.1) is 11.3 Å². The molecule has 0 radical (unpaired) electrons. The number of nitrogens with zero attached hydrogens (tertiary/aromatic N) is 2. The van der Waals surface area contributed by atoms with Gasteiger partial charge >= 0.3 is 18.1 Å². The molecule has 0 spiro atoms. The lowest BCUT2D eigenvalue weighted by atomic mass is 10.1. The molecule has 0 saturated heterocycles. The number of hydrogen-bond acceptors (Lipinski definition) is 7. The van der Waals surface area contributed by atoms with Gasteiger partial charge in [0.05, 0.1) is 18.8 Å². The number of thiophene rings is 1. The van der Waals surface area contributed by atoms with Crippen molar-refractivity contribution in [2.75, 3.05) is 18.5 Å². The third kappa shape index (κ3) is 5.43. The maximum atomic E-state index is 13.2. The Morgan fingerprint density at radius 1 is 1.24 bits per heavy atom. The third-order valence-corrected chi connectivity index (χ3v) is 6.47. The molecule has 1 saturated carbocycles. The zero-order valence-electron chi connectivity index (χ0n) is 19.2. The van der Waals surface area contributed by atoms with E-state index in [1.54, 1.807) is 13.8 Å². The van der Waals surface area contributed by atoms with Crippen molar-refractivity contribution in [1.82, 2.24) is 9.78 Å². The summed E-state index contributed by atoms with van der Waals surface area (Å²) in [6.45, 7) is 6.69. The fourth-order valence-electron chi connectivity index (χ4n) is 3.37. The molecule has 1 aliphatic rings. The van der Waals surface area contributed by atoms with Crippen molar-refractivity contribution in [1.29, 1.82) is 0 Å². The molecule has 1 unspecified atom stereocenters. The molecule has 2 heterocycles. The Balaban J connectivity index is 1.93. The highest BCUT2D eigenvalue weighted by Crippen LogP contribution is 2.43. The molecule has 34 heavy (non-hydrogen) atoms. The second kappa shape index (κ2) is 10.2. The fraction of sp³-hybridized carbons (Fsp3) is 0.545. The molecule has 3 rings (SSSR count). The fourth-order valence-corrected chi connectivity index (χ4v) is 4.47. The standard InChI is InChI=1S/C22H26F3N3O5S/c1-5-9-33-20(30)16-11(3)17(21(31)32-6-2)34-19(16)26-18(29)12(4)28-14(13-7-8-13)10-15(27-28)22(23,24)25/h10,12-13H,5-9H2,1-4H3,(H,26,29). The summed E-state index contributed by atoms with van der Waals surface area (Å²) in [7, 11) is 0. The summed E-state index contributed by atoms with van der Waals surface area (Å²) in [5.74, 6) is -2.13. The molecule has 186 valence electrons. The minimum absolute atomic E-state index is 0.0147. The van der Waals surface area contributed by atoms with Gasteiger partial charge in [-0.2, -0.15) is 18.3 Å². The van der Waals surface area contributed by atoms with E-state index in [1.807, 2.05) is 6.92 Å². The molecule has 8 nitrogen and oxygen atoms in total. The number of anilines is 1. The minimum Gasteiger partial charge on any atom is -0.462 e. The highest BCUT2D eigenvalue weighted by molar-refractivity contribution is 7.18. The number of nitrogens with one attached hydrogen (secondary N) is 1. The average molecular weight is 502 g/mol. The van der Waals surface area contributed by atoms with Gasteiger partial charge in [0.25, 0.3) is 0 Å². The van der Waals surface area contributed by atoms with Crippen LogP contribution in [-0.4, -0.2) is 40.8 Å². The average Bonchev–Trinajstić information content (AvgIpc) is 3.42. The van der Waals surface area contributed by atoms with Crippen LogP contribution in [0.3, 0.4) is 0 Å². The van der Waals surface area contributed by atoms with Crippen LogP contribution in [0.5, 0.6) is 0 Å². The van der Waals surface area contributed by atoms with Crippen LogP contribution in [0.4, 0.5) is 18.2 Å². The maximum absolute atomic E-state index is 13.2. The molecule has 0 aromatic carbocycles. The third-order valence-electron chi connectivity index (χ3n) is 5.28. The van der Waals surface area contributed by atoms with Crippen molar-refractivity contribution < 1.29 is 37.0 Å². The van der Waals surface area contributed by atoms with Crippen LogP contribution in [-0.2, 0) is 20.4 Å².